The number of anilines is 1. The van der Waals surface area contributed by atoms with E-state index in [1.54, 1.807) is 6.07 Å². The summed E-state index contributed by atoms with van der Waals surface area (Å²) in [6.07, 6.45) is 1.93. The van der Waals surface area contributed by atoms with Crippen LogP contribution in [0.1, 0.15) is 0 Å². The van der Waals surface area contributed by atoms with Crippen LogP contribution in [0, 0.1) is 4.64 Å². The molecule has 0 spiro atoms. The molecule has 0 unspecified atom stereocenters. The SMILES string of the molecule is CSc1cc(=S)[nH]c(N)n1. The van der Waals surface area contributed by atoms with Gasteiger partial charge < -0.3 is 10.7 Å². The second-order valence-corrected chi connectivity index (χ2v) is 2.94. The number of hydrogen-bond donors (Lipinski definition) is 2. The van der Waals surface area contributed by atoms with Crippen LogP contribution >= 0.6 is 24.0 Å². The van der Waals surface area contributed by atoms with Crippen molar-refractivity contribution in [1.29, 1.82) is 0 Å². The molecule has 54 valence electrons. The lowest BCUT2D eigenvalue weighted by molar-refractivity contribution is 1.06. The molecule has 3 N–H and O–H groups in total. The molecule has 1 rings (SSSR count). The maximum absolute atomic E-state index is 5.39. The molecule has 0 aliphatic carbocycles. The first-order valence-electron chi connectivity index (χ1n) is 2.63. The van der Waals surface area contributed by atoms with Gasteiger partial charge in [-0.2, -0.15) is 0 Å². The quantitative estimate of drug-likeness (QED) is 0.383. The number of hydrogen-bond acceptors (Lipinski definition) is 4. The van der Waals surface area contributed by atoms with Crippen molar-refractivity contribution in [3.05, 3.63) is 10.7 Å². The smallest absolute Gasteiger partial charge is 0.199 e. The molecule has 1 aromatic rings. The summed E-state index contributed by atoms with van der Waals surface area (Å²) in [5, 5.41) is 0.848. The third kappa shape index (κ3) is 1.71. The minimum absolute atomic E-state index is 0.372. The molecule has 0 amide bonds. The Labute approximate surface area is 68.1 Å². The van der Waals surface area contributed by atoms with E-state index < -0.39 is 0 Å². The molecular formula is C5H7N3S2. The van der Waals surface area contributed by atoms with Crippen molar-refractivity contribution in [2.24, 2.45) is 0 Å². The van der Waals surface area contributed by atoms with Crippen LogP contribution in [-0.2, 0) is 0 Å². The first-order chi connectivity index (χ1) is 4.72. The number of aromatic amines is 1. The van der Waals surface area contributed by atoms with Gasteiger partial charge in [-0.15, -0.1) is 11.8 Å². The van der Waals surface area contributed by atoms with Crippen molar-refractivity contribution in [2.45, 2.75) is 5.03 Å². The molecule has 1 aromatic heterocycles. The zero-order chi connectivity index (χ0) is 7.56. The molecular weight excluding hydrogens is 166 g/mol. The second-order valence-electron chi connectivity index (χ2n) is 1.67. The van der Waals surface area contributed by atoms with Crippen LogP contribution in [0.15, 0.2) is 11.1 Å². The van der Waals surface area contributed by atoms with Crippen LogP contribution in [0.3, 0.4) is 0 Å². The summed E-state index contributed by atoms with van der Waals surface area (Å²) in [6.45, 7) is 0. The Morgan fingerprint density at radius 3 is 3.00 bits per heavy atom. The third-order valence-corrected chi connectivity index (χ3v) is 1.79. The van der Waals surface area contributed by atoms with Gasteiger partial charge in [-0.3, -0.25) is 0 Å². The van der Waals surface area contributed by atoms with E-state index in [0.29, 0.717) is 10.6 Å². The summed E-state index contributed by atoms with van der Waals surface area (Å²) >= 11 is 6.38. The lowest BCUT2D eigenvalue weighted by Gasteiger charge is -1.95. The number of nitrogens with one attached hydrogen (secondary N) is 1. The van der Waals surface area contributed by atoms with E-state index in [-0.39, 0.29) is 0 Å². The molecule has 0 fully saturated rings. The van der Waals surface area contributed by atoms with Crippen LogP contribution < -0.4 is 5.73 Å². The number of aromatic nitrogens is 2. The average Bonchev–Trinajstić information content (AvgIpc) is 1.85. The van der Waals surface area contributed by atoms with Gasteiger partial charge in [0, 0.05) is 6.07 Å². The largest absolute Gasteiger partial charge is 0.369 e. The number of nitrogens with zero attached hydrogens (tertiary/aromatic N) is 1. The molecule has 1 heterocycles. The highest BCUT2D eigenvalue weighted by atomic mass is 32.2. The predicted octanol–water partition coefficient (Wildman–Crippen LogP) is 1.44. The zero-order valence-corrected chi connectivity index (χ0v) is 7.05. The van der Waals surface area contributed by atoms with Crippen LogP contribution in [0.2, 0.25) is 0 Å². The summed E-state index contributed by atoms with van der Waals surface area (Å²) in [7, 11) is 0. The van der Waals surface area contributed by atoms with Crippen LogP contribution in [-0.4, -0.2) is 16.2 Å². The summed E-state index contributed by atoms with van der Waals surface area (Å²) in [4.78, 5) is 6.68. The summed E-state index contributed by atoms with van der Waals surface area (Å²) in [6, 6.07) is 1.77. The number of nitrogen functional groups attached to an aromatic ring is 1. The van der Waals surface area contributed by atoms with Gasteiger partial charge in [-0.05, 0) is 6.26 Å². The maximum Gasteiger partial charge on any atom is 0.199 e. The van der Waals surface area contributed by atoms with Crippen molar-refractivity contribution in [1.82, 2.24) is 9.97 Å². The Morgan fingerprint density at radius 2 is 2.50 bits per heavy atom. The average molecular weight is 173 g/mol. The maximum atomic E-state index is 5.39. The van der Waals surface area contributed by atoms with E-state index in [1.165, 1.54) is 11.8 Å². The summed E-state index contributed by atoms with van der Waals surface area (Å²) in [5.74, 6) is 0.372. The van der Waals surface area contributed by atoms with E-state index in [1.807, 2.05) is 6.26 Å². The molecule has 0 aliphatic rings. The predicted molar refractivity (Wildman–Crippen MR) is 45.6 cm³/mol. The Hall–Kier alpha value is -0.550. The summed E-state index contributed by atoms with van der Waals surface area (Å²) < 4.78 is 0.622. The Morgan fingerprint density at radius 1 is 1.80 bits per heavy atom. The number of rotatable bonds is 1. The minimum Gasteiger partial charge on any atom is -0.369 e. The molecule has 10 heavy (non-hydrogen) atoms. The van der Waals surface area contributed by atoms with Gasteiger partial charge in [0.2, 0.25) is 0 Å². The van der Waals surface area contributed by atoms with E-state index in [4.69, 9.17) is 18.0 Å². The van der Waals surface area contributed by atoms with E-state index >= 15 is 0 Å². The zero-order valence-electron chi connectivity index (χ0n) is 5.42. The second kappa shape index (κ2) is 3.03. The van der Waals surface area contributed by atoms with Gasteiger partial charge >= 0.3 is 0 Å². The molecule has 0 radical (unpaired) electrons. The van der Waals surface area contributed by atoms with E-state index in [0.717, 1.165) is 5.03 Å². The van der Waals surface area contributed by atoms with Gasteiger partial charge in [0.15, 0.2) is 5.95 Å². The highest BCUT2D eigenvalue weighted by molar-refractivity contribution is 7.98. The van der Waals surface area contributed by atoms with Crippen LogP contribution in [0.25, 0.3) is 0 Å². The van der Waals surface area contributed by atoms with Crippen molar-refractivity contribution in [3.8, 4) is 0 Å². The highest BCUT2D eigenvalue weighted by Gasteiger charge is 1.91. The van der Waals surface area contributed by atoms with Gasteiger partial charge in [-0.25, -0.2) is 4.98 Å². The molecule has 0 saturated heterocycles. The standard InChI is InChI=1S/C5H7N3S2/c1-10-4-2-3(9)7-5(6)8-4/h2H,1H3,(H3,6,7,8,9). The summed E-state index contributed by atoms with van der Waals surface area (Å²) in [5.41, 5.74) is 5.39. The van der Waals surface area contributed by atoms with Gasteiger partial charge in [0.05, 0.1) is 0 Å². The normalized spacial score (nSPS) is 9.70. The molecule has 3 nitrogen and oxygen atoms in total. The third-order valence-electron chi connectivity index (χ3n) is 0.946. The Balaban J connectivity index is 3.19. The van der Waals surface area contributed by atoms with E-state index in [9.17, 15) is 0 Å². The lowest BCUT2D eigenvalue weighted by atomic mass is 10.7. The molecule has 0 bridgehead atoms. The van der Waals surface area contributed by atoms with Gasteiger partial charge in [0.1, 0.15) is 9.67 Å². The monoisotopic (exact) mass is 173 g/mol. The topological polar surface area (TPSA) is 54.7 Å². The molecule has 5 heteroatoms. The van der Waals surface area contributed by atoms with Crippen molar-refractivity contribution in [3.63, 3.8) is 0 Å². The van der Waals surface area contributed by atoms with Crippen molar-refractivity contribution in [2.75, 3.05) is 12.0 Å². The fourth-order valence-corrected chi connectivity index (χ4v) is 1.27. The Kier molecular flexibility index (Phi) is 2.29. The van der Waals surface area contributed by atoms with Crippen LogP contribution in [0.4, 0.5) is 5.95 Å². The van der Waals surface area contributed by atoms with Crippen LogP contribution in [0.5, 0.6) is 0 Å². The lowest BCUT2D eigenvalue weighted by Crippen LogP contribution is -1.94. The van der Waals surface area contributed by atoms with Gasteiger partial charge in [0.25, 0.3) is 0 Å². The number of thioether (sulfide) groups is 1. The first kappa shape index (κ1) is 7.56. The number of nitrogens with two attached hydrogens (primary N) is 1. The fraction of sp³-hybridized carbons (Fsp3) is 0.200. The highest BCUT2D eigenvalue weighted by Crippen LogP contribution is 2.10. The molecule has 0 saturated carbocycles. The minimum atomic E-state index is 0.372. The van der Waals surface area contributed by atoms with Crippen molar-refractivity contribution < 1.29 is 0 Å². The first-order valence-corrected chi connectivity index (χ1v) is 4.26. The molecule has 0 aliphatic heterocycles. The van der Waals surface area contributed by atoms with Crippen molar-refractivity contribution >= 4 is 29.9 Å². The Bertz CT molecular complexity index is 280. The van der Waals surface area contributed by atoms with E-state index in [2.05, 4.69) is 9.97 Å². The fourth-order valence-electron chi connectivity index (χ4n) is 0.558. The number of H-pyrrole nitrogens is 1. The van der Waals surface area contributed by atoms with Gasteiger partial charge in [-0.1, -0.05) is 12.2 Å². The molecule has 0 aromatic carbocycles. The molecule has 0 atom stereocenters.